The molecular weight excluding hydrogens is 166 g/mol. The van der Waals surface area contributed by atoms with Gasteiger partial charge in [-0.3, -0.25) is 4.79 Å². The first-order chi connectivity index (χ1) is 6.25. The van der Waals surface area contributed by atoms with Crippen LogP contribution < -0.4 is 5.32 Å². The monoisotopic (exact) mass is 183 g/mol. The Morgan fingerprint density at radius 1 is 1.23 bits per heavy atom. The van der Waals surface area contributed by atoms with Gasteiger partial charge in [0.1, 0.15) is 0 Å². The van der Waals surface area contributed by atoms with Gasteiger partial charge in [-0.15, -0.1) is 0 Å². The van der Waals surface area contributed by atoms with Crippen LogP contribution in [0.5, 0.6) is 0 Å². The third-order valence-corrected chi connectivity index (χ3v) is 2.94. The lowest BCUT2D eigenvalue weighted by molar-refractivity contribution is -0.123. The first-order valence-electron chi connectivity index (χ1n) is 5.24. The van der Waals surface area contributed by atoms with E-state index in [9.17, 15) is 9.90 Å². The molecule has 2 rings (SSSR count). The summed E-state index contributed by atoms with van der Waals surface area (Å²) in [5.74, 6) is 0.498. The van der Waals surface area contributed by atoms with Crippen molar-refractivity contribution in [2.24, 2.45) is 5.92 Å². The van der Waals surface area contributed by atoms with Crippen molar-refractivity contribution in [3.8, 4) is 0 Å². The molecule has 2 saturated carbocycles. The van der Waals surface area contributed by atoms with Crippen molar-refractivity contribution >= 4 is 5.91 Å². The zero-order chi connectivity index (χ0) is 9.26. The van der Waals surface area contributed by atoms with Gasteiger partial charge >= 0.3 is 0 Å². The van der Waals surface area contributed by atoms with E-state index >= 15 is 0 Å². The van der Waals surface area contributed by atoms with E-state index in [-0.39, 0.29) is 18.1 Å². The Morgan fingerprint density at radius 2 is 2.00 bits per heavy atom. The number of aliphatic hydroxyl groups excluding tert-OH is 1. The van der Waals surface area contributed by atoms with Crippen LogP contribution in [0.15, 0.2) is 0 Å². The largest absolute Gasteiger partial charge is 0.393 e. The molecular formula is C10H17NO2. The zero-order valence-corrected chi connectivity index (χ0v) is 7.83. The van der Waals surface area contributed by atoms with Crippen LogP contribution in [0.3, 0.4) is 0 Å². The maximum atomic E-state index is 11.4. The van der Waals surface area contributed by atoms with Crippen LogP contribution in [0, 0.1) is 5.92 Å². The molecule has 2 aliphatic rings. The summed E-state index contributed by atoms with van der Waals surface area (Å²) >= 11 is 0. The summed E-state index contributed by atoms with van der Waals surface area (Å²) < 4.78 is 0. The predicted octanol–water partition coefficient (Wildman–Crippen LogP) is 0.816. The second-order valence-electron chi connectivity index (χ2n) is 4.30. The average Bonchev–Trinajstić information content (AvgIpc) is 2.85. The smallest absolute Gasteiger partial charge is 0.223 e. The van der Waals surface area contributed by atoms with Gasteiger partial charge < -0.3 is 10.4 Å². The zero-order valence-electron chi connectivity index (χ0n) is 7.83. The second kappa shape index (κ2) is 3.66. The van der Waals surface area contributed by atoms with Crippen molar-refractivity contribution in [1.82, 2.24) is 5.32 Å². The van der Waals surface area contributed by atoms with Gasteiger partial charge in [-0.05, 0) is 38.5 Å². The van der Waals surface area contributed by atoms with Crippen LogP contribution in [0.25, 0.3) is 0 Å². The summed E-state index contributed by atoms with van der Waals surface area (Å²) in [6, 6.07) is 0.233. The molecule has 0 aromatic heterocycles. The SMILES string of the molecule is O=C(N[C@H]1CCC[C@@H](O)C1)C1CC1. The Kier molecular flexibility index (Phi) is 2.54. The van der Waals surface area contributed by atoms with E-state index in [1.54, 1.807) is 0 Å². The van der Waals surface area contributed by atoms with Crippen LogP contribution in [0.4, 0.5) is 0 Å². The fourth-order valence-corrected chi connectivity index (χ4v) is 1.96. The van der Waals surface area contributed by atoms with E-state index in [4.69, 9.17) is 0 Å². The van der Waals surface area contributed by atoms with Crippen molar-refractivity contribution in [3.63, 3.8) is 0 Å². The van der Waals surface area contributed by atoms with Gasteiger partial charge in [0, 0.05) is 12.0 Å². The summed E-state index contributed by atoms with van der Waals surface area (Å²) in [5, 5.41) is 12.4. The predicted molar refractivity (Wildman–Crippen MR) is 49.1 cm³/mol. The Labute approximate surface area is 78.5 Å². The van der Waals surface area contributed by atoms with E-state index in [0.29, 0.717) is 5.92 Å². The van der Waals surface area contributed by atoms with Gasteiger partial charge in [-0.25, -0.2) is 0 Å². The number of carbonyl (C=O) groups excluding carboxylic acids is 1. The third-order valence-electron chi connectivity index (χ3n) is 2.94. The summed E-state index contributed by atoms with van der Waals surface area (Å²) in [4.78, 5) is 11.4. The molecule has 0 bridgehead atoms. The highest BCUT2D eigenvalue weighted by Crippen LogP contribution is 2.29. The Bertz CT molecular complexity index is 201. The molecule has 0 aromatic rings. The highest BCUT2D eigenvalue weighted by Gasteiger charge is 2.31. The maximum Gasteiger partial charge on any atom is 0.223 e. The molecule has 2 N–H and O–H groups in total. The molecule has 2 atom stereocenters. The molecule has 0 radical (unpaired) electrons. The first-order valence-corrected chi connectivity index (χ1v) is 5.24. The topological polar surface area (TPSA) is 49.3 Å². The Hall–Kier alpha value is -0.570. The Balaban J connectivity index is 1.76. The number of rotatable bonds is 2. The highest BCUT2D eigenvalue weighted by molar-refractivity contribution is 5.81. The van der Waals surface area contributed by atoms with Gasteiger partial charge in [-0.1, -0.05) is 0 Å². The minimum absolute atomic E-state index is 0.196. The van der Waals surface area contributed by atoms with Gasteiger partial charge in [0.25, 0.3) is 0 Å². The highest BCUT2D eigenvalue weighted by atomic mass is 16.3. The summed E-state index contributed by atoms with van der Waals surface area (Å²) in [6.07, 6.45) is 5.64. The maximum absolute atomic E-state index is 11.4. The quantitative estimate of drug-likeness (QED) is 0.665. The van der Waals surface area contributed by atoms with Crippen molar-refractivity contribution in [3.05, 3.63) is 0 Å². The van der Waals surface area contributed by atoms with Crippen LogP contribution >= 0.6 is 0 Å². The summed E-state index contributed by atoms with van der Waals surface area (Å²) in [7, 11) is 0. The lowest BCUT2D eigenvalue weighted by Gasteiger charge is -2.26. The van der Waals surface area contributed by atoms with Crippen molar-refractivity contribution in [1.29, 1.82) is 0 Å². The number of hydrogen-bond acceptors (Lipinski definition) is 2. The van der Waals surface area contributed by atoms with E-state index in [1.807, 2.05) is 0 Å². The second-order valence-corrected chi connectivity index (χ2v) is 4.30. The van der Waals surface area contributed by atoms with Crippen LogP contribution in [0.2, 0.25) is 0 Å². The van der Waals surface area contributed by atoms with Crippen molar-refractivity contribution in [2.75, 3.05) is 0 Å². The standard InChI is InChI=1S/C10H17NO2/c12-9-3-1-2-8(6-9)11-10(13)7-4-5-7/h7-9,12H,1-6H2,(H,11,13)/t8-,9+/m0/s1. The molecule has 2 fully saturated rings. The molecule has 0 aromatic carbocycles. The van der Waals surface area contributed by atoms with E-state index in [0.717, 1.165) is 38.5 Å². The number of aliphatic hydroxyl groups is 1. The van der Waals surface area contributed by atoms with Crippen LogP contribution in [0.1, 0.15) is 38.5 Å². The average molecular weight is 183 g/mol. The molecule has 0 heterocycles. The fraction of sp³-hybridized carbons (Fsp3) is 0.900. The number of hydrogen-bond donors (Lipinski definition) is 2. The van der Waals surface area contributed by atoms with Crippen LogP contribution in [-0.4, -0.2) is 23.2 Å². The lowest BCUT2D eigenvalue weighted by Crippen LogP contribution is -2.40. The molecule has 0 saturated heterocycles. The minimum Gasteiger partial charge on any atom is -0.393 e. The van der Waals surface area contributed by atoms with Gasteiger partial charge in [-0.2, -0.15) is 0 Å². The van der Waals surface area contributed by atoms with Crippen molar-refractivity contribution in [2.45, 2.75) is 50.7 Å². The van der Waals surface area contributed by atoms with Crippen molar-refractivity contribution < 1.29 is 9.90 Å². The van der Waals surface area contributed by atoms with Gasteiger partial charge in [0.2, 0.25) is 5.91 Å². The first kappa shape index (κ1) is 9.00. The van der Waals surface area contributed by atoms with E-state index < -0.39 is 0 Å². The molecule has 3 heteroatoms. The van der Waals surface area contributed by atoms with Gasteiger partial charge in [0.15, 0.2) is 0 Å². The summed E-state index contributed by atoms with van der Waals surface area (Å²) in [6.45, 7) is 0. The molecule has 2 aliphatic carbocycles. The third kappa shape index (κ3) is 2.44. The van der Waals surface area contributed by atoms with Gasteiger partial charge in [0.05, 0.1) is 6.10 Å². The fourth-order valence-electron chi connectivity index (χ4n) is 1.96. The molecule has 1 amide bonds. The number of nitrogens with one attached hydrogen (secondary N) is 1. The molecule has 3 nitrogen and oxygen atoms in total. The van der Waals surface area contributed by atoms with Crippen LogP contribution in [-0.2, 0) is 4.79 Å². The minimum atomic E-state index is -0.196. The normalized spacial score (nSPS) is 34.2. The number of amides is 1. The molecule has 0 unspecified atom stereocenters. The molecule has 74 valence electrons. The molecule has 0 spiro atoms. The summed E-state index contributed by atoms with van der Waals surface area (Å²) in [5.41, 5.74) is 0. The van der Waals surface area contributed by atoms with E-state index in [2.05, 4.69) is 5.32 Å². The van der Waals surface area contributed by atoms with E-state index in [1.165, 1.54) is 0 Å². The lowest BCUT2D eigenvalue weighted by atomic mass is 9.93. The Morgan fingerprint density at radius 3 is 2.62 bits per heavy atom. The number of carbonyl (C=O) groups is 1. The molecule has 13 heavy (non-hydrogen) atoms. The molecule has 0 aliphatic heterocycles.